The van der Waals surface area contributed by atoms with Crippen LogP contribution in [0.2, 0.25) is 0 Å². The quantitative estimate of drug-likeness (QED) is 0.162. The second kappa shape index (κ2) is 25.0. The molecule has 0 aromatic rings. The molecule has 170 valence electrons. The van der Waals surface area contributed by atoms with E-state index in [1.165, 1.54) is 154 Å². The van der Waals surface area contributed by atoms with Gasteiger partial charge in [0.05, 0.1) is 0 Å². The molecule has 0 aliphatic heterocycles. The molecule has 0 rings (SSSR count). The first-order valence-corrected chi connectivity index (χ1v) is 13.6. The van der Waals surface area contributed by atoms with Crippen LogP contribution in [0.3, 0.4) is 0 Å². The number of hydrogen-bond acceptors (Lipinski definition) is 1. The molecular formula is C27H57N. The first kappa shape index (κ1) is 28.0. The molecule has 0 radical (unpaired) electrons. The average molecular weight is 396 g/mol. The number of unbranched alkanes of at least 4 members (excludes halogenated alkanes) is 20. The molecule has 0 aromatic heterocycles. The zero-order valence-corrected chi connectivity index (χ0v) is 20.1. The Bertz CT molecular complexity index is 263. The molecule has 1 atom stereocenters. The molecular weight excluding hydrogens is 338 g/mol. The number of nitrogens with two attached hydrogens (primary N) is 1. The second-order valence-corrected chi connectivity index (χ2v) is 9.41. The highest BCUT2D eigenvalue weighted by Crippen LogP contribution is 2.15. The Kier molecular flexibility index (Phi) is 25.0. The van der Waals surface area contributed by atoms with Crippen LogP contribution in [0.4, 0.5) is 0 Å². The van der Waals surface area contributed by atoms with Crippen molar-refractivity contribution < 1.29 is 0 Å². The summed E-state index contributed by atoms with van der Waals surface area (Å²) in [6.45, 7) is 4.57. The Hall–Kier alpha value is -0.0400. The minimum atomic E-state index is 0.470. The van der Waals surface area contributed by atoms with E-state index in [9.17, 15) is 0 Å². The summed E-state index contributed by atoms with van der Waals surface area (Å²) in [7, 11) is 0. The third kappa shape index (κ3) is 24.0. The Balaban J connectivity index is 3.05. The van der Waals surface area contributed by atoms with Crippen LogP contribution >= 0.6 is 0 Å². The van der Waals surface area contributed by atoms with E-state index in [4.69, 9.17) is 5.73 Å². The molecule has 1 nitrogen and oxygen atoms in total. The van der Waals surface area contributed by atoms with Gasteiger partial charge in [0.2, 0.25) is 0 Å². The number of rotatable bonds is 24. The van der Waals surface area contributed by atoms with Gasteiger partial charge in [-0.05, 0) is 12.8 Å². The Morgan fingerprint density at radius 1 is 0.357 bits per heavy atom. The third-order valence-corrected chi connectivity index (χ3v) is 6.36. The van der Waals surface area contributed by atoms with E-state index in [2.05, 4.69) is 13.8 Å². The summed E-state index contributed by atoms with van der Waals surface area (Å²) in [5, 5.41) is 0. The normalized spacial score (nSPS) is 12.5. The maximum Gasteiger partial charge on any atom is 0.00388 e. The van der Waals surface area contributed by atoms with Crippen LogP contribution in [0.5, 0.6) is 0 Å². The molecule has 2 N–H and O–H groups in total. The Labute approximate surface area is 180 Å². The molecule has 0 saturated carbocycles. The van der Waals surface area contributed by atoms with E-state index in [1.807, 2.05) is 0 Å². The van der Waals surface area contributed by atoms with Gasteiger partial charge in [-0.15, -0.1) is 0 Å². The Morgan fingerprint density at radius 2 is 0.571 bits per heavy atom. The van der Waals surface area contributed by atoms with Gasteiger partial charge in [0.15, 0.2) is 0 Å². The lowest BCUT2D eigenvalue weighted by molar-refractivity contribution is 0.486. The molecule has 0 amide bonds. The summed E-state index contributed by atoms with van der Waals surface area (Å²) < 4.78 is 0. The fraction of sp³-hybridized carbons (Fsp3) is 1.00. The van der Waals surface area contributed by atoms with Gasteiger partial charge >= 0.3 is 0 Å². The van der Waals surface area contributed by atoms with Crippen LogP contribution in [0.1, 0.15) is 168 Å². The molecule has 0 aliphatic carbocycles. The van der Waals surface area contributed by atoms with E-state index in [-0.39, 0.29) is 0 Å². The summed E-state index contributed by atoms with van der Waals surface area (Å²) in [6.07, 6.45) is 34.1. The van der Waals surface area contributed by atoms with Gasteiger partial charge in [-0.25, -0.2) is 0 Å². The lowest BCUT2D eigenvalue weighted by Gasteiger charge is -2.10. The van der Waals surface area contributed by atoms with Gasteiger partial charge in [0.25, 0.3) is 0 Å². The predicted octanol–water partition coefficient (Wildman–Crippen LogP) is 9.72. The highest BCUT2D eigenvalue weighted by atomic mass is 14.6. The van der Waals surface area contributed by atoms with Gasteiger partial charge in [-0.2, -0.15) is 0 Å². The van der Waals surface area contributed by atoms with Crippen molar-refractivity contribution in [3.05, 3.63) is 0 Å². The zero-order chi connectivity index (χ0) is 20.5. The van der Waals surface area contributed by atoms with Crippen molar-refractivity contribution in [1.82, 2.24) is 0 Å². The van der Waals surface area contributed by atoms with Crippen LogP contribution in [-0.2, 0) is 0 Å². The Morgan fingerprint density at radius 3 is 0.893 bits per heavy atom. The van der Waals surface area contributed by atoms with Crippen LogP contribution in [-0.4, -0.2) is 6.04 Å². The lowest BCUT2D eigenvalue weighted by Crippen LogP contribution is -2.19. The predicted molar refractivity (Wildman–Crippen MR) is 130 cm³/mol. The summed E-state index contributed by atoms with van der Waals surface area (Å²) >= 11 is 0. The first-order valence-electron chi connectivity index (χ1n) is 13.6. The monoisotopic (exact) mass is 395 g/mol. The minimum absolute atomic E-state index is 0.470. The third-order valence-electron chi connectivity index (χ3n) is 6.36. The molecule has 1 heteroatoms. The molecule has 0 aromatic carbocycles. The number of hydrogen-bond donors (Lipinski definition) is 1. The van der Waals surface area contributed by atoms with E-state index in [0.717, 1.165) is 0 Å². The standard InChI is InChI=1S/C27H57N/c1-3-5-7-8-9-10-11-12-13-14-15-16-17-18-19-20-21-22-24-26-27(28)25-23-6-4-2/h27H,3-26,28H2,1-2H3. The van der Waals surface area contributed by atoms with Crippen LogP contribution in [0, 0.1) is 0 Å². The zero-order valence-electron chi connectivity index (χ0n) is 20.1. The average Bonchev–Trinajstić information content (AvgIpc) is 2.70. The van der Waals surface area contributed by atoms with Crippen molar-refractivity contribution in [3.8, 4) is 0 Å². The first-order chi connectivity index (χ1) is 13.8. The fourth-order valence-electron chi connectivity index (χ4n) is 4.29. The van der Waals surface area contributed by atoms with Crippen molar-refractivity contribution in [2.24, 2.45) is 5.73 Å². The highest BCUT2D eigenvalue weighted by Gasteiger charge is 2.01. The molecule has 0 aliphatic rings. The van der Waals surface area contributed by atoms with Gasteiger partial charge in [-0.1, -0.05) is 155 Å². The van der Waals surface area contributed by atoms with Crippen molar-refractivity contribution >= 4 is 0 Å². The molecule has 28 heavy (non-hydrogen) atoms. The fourth-order valence-corrected chi connectivity index (χ4v) is 4.29. The molecule has 0 heterocycles. The molecule has 0 saturated heterocycles. The van der Waals surface area contributed by atoms with Gasteiger partial charge in [0, 0.05) is 6.04 Å². The molecule has 0 spiro atoms. The van der Waals surface area contributed by atoms with Gasteiger partial charge < -0.3 is 5.73 Å². The summed E-state index contributed by atoms with van der Waals surface area (Å²) in [6, 6.07) is 0.470. The van der Waals surface area contributed by atoms with Crippen LogP contribution in [0.15, 0.2) is 0 Å². The summed E-state index contributed by atoms with van der Waals surface area (Å²) in [5.74, 6) is 0. The maximum atomic E-state index is 6.19. The smallest absolute Gasteiger partial charge is 0.00388 e. The second-order valence-electron chi connectivity index (χ2n) is 9.41. The molecule has 0 bridgehead atoms. The van der Waals surface area contributed by atoms with E-state index >= 15 is 0 Å². The largest absolute Gasteiger partial charge is 0.328 e. The minimum Gasteiger partial charge on any atom is -0.328 e. The van der Waals surface area contributed by atoms with E-state index in [0.29, 0.717) is 6.04 Å². The summed E-state index contributed by atoms with van der Waals surface area (Å²) in [4.78, 5) is 0. The highest BCUT2D eigenvalue weighted by molar-refractivity contribution is 4.61. The summed E-state index contributed by atoms with van der Waals surface area (Å²) in [5.41, 5.74) is 6.19. The molecule has 1 unspecified atom stereocenters. The van der Waals surface area contributed by atoms with Crippen molar-refractivity contribution in [2.75, 3.05) is 0 Å². The molecule has 0 fully saturated rings. The van der Waals surface area contributed by atoms with E-state index < -0.39 is 0 Å². The van der Waals surface area contributed by atoms with Crippen molar-refractivity contribution in [2.45, 2.75) is 174 Å². The van der Waals surface area contributed by atoms with E-state index in [1.54, 1.807) is 0 Å². The van der Waals surface area contributed by atoms with Gasteiger partial charge in [-0.3, -0.25) is 0 Å². The van der Waals surface area contributed by atoms with Crippen LogP contribution in [0.25, 0.3) is 0 Å². The topological polar surface area (TPSA) is 26.0 Å². The van der Waals surface area contributed by atoms with Crippen LogP contribution < -0.4 is 5.73 Å². The lowest BCUT2D eigenvalue weighted by atomic mass is 10.0. The van der Waals surface area contributed by atoms with Gasteiger partial charge in [0.1, 0.15) is 0 Å². The maximum absolute atomic E-state index is 6.19. The SMILES string of the molecule is CCCCCCCCCCCCCCCCCCCCCC(N)CCCCC. The van der Waals surface area contributed by atoms with Crippen molar-refractivity contribution in [1.29, 1.82) is 0 Å². The van der Waals surface area contributed by atoms with Crippen molar-refractivity contribution in [3.63, 3.8) is 0 Å².